The summed E-state index contributed by atoms with van der Waals surface area (Å²) < 4.78 is 10.4. The SMILES string of the molecule is COc1cc(OC)c(O)c(-c2c(C)cccc2C(=N)N)c1. The third-order valence-electron chi connectivity index (χ3n) is 3.34. The Morgan fingerprint density at radius 1 is 1.19 bits per heavy atom. The molecule has 0 aromatic heterocycles. The lowest BCUT2D eigenvalue weighted by atomic mass is 9.93. The summed E-state index contributed by atoms with van der Waals surface area (Å²) in [6.07, 6.45) is 0. The molecule has 21 heavy (non-hydrogen) atoms. The molecule has 0 saturated heterocycles. The van der Waals surface area contributed by atoms with E-state index in [0.717, 1.165) is 5.56 Å². The summed E-state index contributed by atoms with van der Waals surface area (Å²) >= 11 is 0. The summed E-state index contributed by atoms with van der Waals surface area (Å²) in [6, 6.07) is 8.77. The first-order valence-corrected chi connectivity index (χ1v) is 6.39. The molecule has 0 atom stereocenters. The van der Waals surface area contributed by atoms with Crippen LogP contribution in [0, 0.1) is 12.3 Å². The van der Waals surface area contributed by atoms with Gasteiger partial charge in [0.1, 0.15) is 11.6 Å². The van der Waals surface area contributed by atoms with Gasteiger partial charge in [-0.2, -0.15) is 0 Å². The van der Waals surface area contributed by atoms with Crippen LogP contribution < -0.4 is 15.2 Å². The average molecular weight is 286 g/mol. The molecule has 2 rings (SSSR count). The van der Waals surface area contributed by atoms with Crippen molar-refractivity contribution in [3.05, 3.63) is 41.5 Å². The van der Waals surface area contributed by atoms with Gasteiger partial charge in [-0.25, -0.2) is 0 Å². The molecule has 2 aromatic carbocycles. The van der Waals surface area contributed by atoms with Gasteiger partial charge in [0, 0.05) is 17.2 Å². The second kappa shape index (κ2) is 5.75. The second-order valence-corrected chi connectivity index (χ2v) is 4.64. The van der Waals surface area contributed by atoms with Crippen molar-refractivity contribution in [1.82, 2.24) is 0 Å². The number of aryl methyl sites for hydroxylation is 1. The van der Waals surface area contributed by atoms with Crippen molar-refractivity contribution >= 4 is 5.84 Å². The summed E-state index contributed by atoms with van der Waals surface area (Å²) in [6.45, 7) is 1.90. The van der Waals surface area contributed by atoms with Gasteiger partial charge < -0.3 is 20.3 Å². The van der Waals surface area contributed by atoms with Crippen LogP contribution in [0.3, 0.4) is 0 Å². The largest absolute Gasteiger partial charge is 0.504 e. The highest BCUT2D eigenvalue weighted by atomic mass is 16.5. The van der Waals surface area contributed by atoms with Crippen LogP contribution in [0.4, 0.5) is 0 Å². The molecule has 5 heteroatoms. The fraction of sp³-hybridized carbons (Fsp3) is 0.188. The summed E-state index contributed by atoms with van der Waals surface area (Å²) in [5, 5.41) is 18.1. The first-order chi connectivity index (χ1) is 9.99. The Morgan fingerprint density at radius 2 is 1.90 bits per heavy atom. The highest BCUT2D eigenvalue weighted by Gasteiger charge is 2.18. The number of amidine groups is 1. The van der Waals surface area contributed by atoms with Gasteiger partial charge in [0.15, 0.2) is 11.5 Å². The average Bonchev–Trinajstić information content (AvgIpc) is 2.47. The van der Waals surface area contributed by atoms with Crippen molar-refractivity contribution in [3.63, 3.8) is 0 Å². The lowest BCUT2D eigenvalue weighted by Gasteiger charge is -2.16. The number of aromatic hydroxyl groups is 1. The summed E-state index contributed by atoms with van der Waals surface area (Å²) in [5.74, 6) is 0.796. The van der Waals surface area contributed by atoms with Crippen molar-refractivity contribution in [3.8, 4) is 28.4 Å². The van der Waals surface area contributed by atoms with Crippen LogP contribution in [0.25, 0.3) is 11.1 Å². The zero-order valence-corrected chi connectivity index (χ0v) is 12.2. The third-order valence-corrected chi connectivity index (χ3v) is 3.34. The Morgan fingerprint density at radius 3 is 2.48 bits per heavy atom. The van der Waals surface area contributed by atoms with Crippen LogP contribution in [0.5, 0.6) is 17.2 Å². The van der Waals surface area contributed by atoms with Gasteiger partial charge in [-0.15, -0.1) is 0 Å². The van der Waals surface area contributed by atoms with Gasteiger partial charge in [-0.3, -0.25) is 5.41 Å². The molecular weight excluding hydrogens is 268 g/mol. The smallest absolute Gasteiger partial charge is 0.165 e. The van der Waals surface area contributed by atoms with Gasteiger partial charge >= 0.3 is 0 Å². The maximum Gasteiger partial charge on any atom is 0.165 e. The van der Waals surface area contributed by atoms with E-state index in [1.165, 1.54) is 7.11 Å². The molecule has 110 valence electrons. The van der Waals surface area contributed by atoms with Gasteiger partial charge in [0.2, 0.25) is 0 Å². The molecule has 2 aromatic rings. The molecule has 4 N–H and O–H groups in total. The van der Waals surface area contributed by atoms with Crippen molar-refractivity contribution in [1.29, 1.82) is 5.41 Å². The number of benzene rings is 2. The second-order valence-electron chi connectivity index (χ2n) is 4.64. The zero-order chi connectivity index (χ0) is 15.6. The van der Waals surface area contributed by atoms with Gasteiger partial charge in [-0.1, -0.05) is 18.2 Å². The Labute approximate surface area is 123 Å². The molecule has 0 bridgehead atoms. The maximum absolute atomic E-state index is 10.4. The van der Waals surface area contributed by atoms with E-state index in [1.807, 2.05) is 19.1 Å². The maximum atomic E-state index is 10.4. The van der Waals surface area contributed by atoms with Crippen molar-refractivity contribution in [2.75, 3.05) is 14.2 Å². The van der Waals surface area contributed by atoms with E-state index in [9.17, 15) is 5.11 Å². The van der Waals surface area contributed by atoms with Gasteiger partial charge in [-0.05, 0) is 24.1 Å². The van der Waals surface area contributed by atoms with Crippen molar-refractivity contribution < 1.29 is 14.6 Å². The van der Waals surface area contributed by atoms with Crippen LogP contribution in [0.1, 0.15) is 11.1 Å². The summed E-state index contributed by atoms with van der Waals surface area (Å²) in [7, 11) is 3.02. The lowest BCUT2D eigenvalue weighted by molar-refractivity contribution is 0.365. The predicted molar refractivity (Wildman–Crippen MR) is 82.4 cm³/mol. The molecule has 0 spiro atoms. The molecule has 0 saturated carbocycles. The Balaban J connectivity index is 2.81. The quantitative estimate of drug-likeness (QED) is 0.595. The Bertz CT molecular complexity index is 696. The van der Waals surface area contributed by atoms with Gasteiger partial charge in [0.05, 0.1) is 14.2 Å². The Hall–Kier alpha value is -2.69. The summed E-state index contributed by atoms with van der Waals surface area (Å²) in [4.78, 5) is 0. The number of methoxy groups -OCH3 is 2. The minimum atomic E-state index is -0.0603. The molecule has 0 aliphatic heterocycles. The fourth-order valence-corrected chi connectivity index (χ4v) is 2.30. The minimum absolute atomic E-state index is 0.00454. The van der Waals surface area contributed by atoms with E-state index < -0.39 is 0 Å². The van der Waals surface area contributed by atoms with Crippen molar-refractivity contribution in [2.24, 2.45) is 5.73 Å². The number of phenolic OH excluding ortho intramolecular Hbond substituents is 1. The molecule has 0 heterocycles. The lowest BCUT2D eigenvalue weighted by Crippen LogP contribution is -2.13. The molecule has 0 amide bonds. The number of nitrogens with two attached hydrogens (primary N) is 1. The number of nitrogen functional groups attached to an aromatic ring is 1. The van der Waals surface area contributed by atoms with Crippen LogP contribution in [0.15, 0.2) is 30.3 Å². The molecular formula is C16H18N2O3. The minimum Gasteiger partial charge on any atom is -0.504 e. The van der Waals surface area contributed by atoms with E-state index >= 15 is 0 Å². The summed E-state index contributed by atoms with van der Waals surface area (Å²) in [5.41, 5.74) is 8.32. The molecule has 0 radical (unpaired) electrons. The van der Waals surface area contributed by atoms with Gasteiger partial charge in [0.25, 0.3) is 0 Å². The molecule has 0 fully saturated rings. The van der Waals surface area contributed by atoms with Crippen molar-refractivity contribution in [2.45, 2.75) is 6.92 Å². The molecule has 0 aliphatic rings. The number of ether oxygens (including phenoxy) is 2. The Kier molecular flexibility index (Phi) is 4.03. The van der Waals surface area contributed by atoms with Crippen LogP contribution in [0.2, 0.25) is 0 Å². The van der Waals surface area contributed by atoms with E-state index in [1.54, 1.807) is 25.3 Å². The molecule has 0 aliphatic carbocycles. The number of hydrogen-bond acceptors (Lipinski definition) is 4. The fourth-order valence-electron chi connectivity index (χ4n) is 2.30. The standard InChI is InChI=1S/C16H18N2O3/c1-9-5-4-6-11(16(17)18)14(9)12-7-10(20-2)8-13(21-3)15(12)19/h4-8,19H,1-3H3,(H3,17,18). The number of nitrogens with one attached hydrogen (secondary N) is 1. The molecule has 0 unspecified atom stereocenters. The number of rotatable bonds is 4. The first-order valence-electron chi connectivity index (χ1n) is 6.39. The number of phenols is 1. The van der Waals surface area contributed by atoms with Crippen LogP contribution in [-0.4, -0.2) is 25.2 Å². The van der Waals surface area contributed by atoms with E-state index in [4.69, 9.17) is 20.6 Å². The highest BCUT2D eigenvalue weighted by Crippen LogP contribution is 2.42. The van der Waals surface area contributed by atoms with Crippen LogP contribution in [-0.2, 0) is 0 Å². The molecule has 5 nitrogen and oxygen atoms in total. The third kappa shape index (κ3) is 2.63. The normalized spacial score (nSPS) is 10.2. The zero-order valence-electron chi connectivity index (χ0n) is 12.2. The highest BCUT2D eigenvalue weighted by molar-refractivity contribution is 6.03. The van der Waals surface area contributed by atoms with E-state index in [-0.39, 0.29) is 11.6 Å². The predicted octanol–water partition coefficient (Wildman–Crippen LogP) is 2.67. The van der Waals surface area contributed by atoms with Crippen LogP contribution >= 0.6 is 0 Å². The monoisotopic (exact) mass is 286 g/mol. The van der Waals surface area contributed by atoms with E-state index in [0.29, 0.717) is 28.2 Å². The first kappa shape index (κ1) is 14.7. The topological polar surface area (TPSA) is 88.6 Å². The number of hydrogen-bond donors (Lipinski definition) is 3. The van der Waals surface area contributed by atoms with E-state index in [2.05, 4.69) is 0 Å².